The Kier molecular flexibility index (Phi) is 9.35. The third-order valence-corrected chi connectivity index (χ3v) is 6.41. The van der Waals surface area contributed by atoms with E-state index < -0.39 is 5.50 Å². The normalized spacial score (nSPS) is 14.1. The fourth-order valence-corrected chi connectivity index (χ4v) is 4.68. The number of hydrogen-bond donors (Lipinski definition) is 4. The van der Waals surface area contributed by atoms with Crippen LogP contribution in [-0.4, -0.2) is 34.7 Å². The third kappa shape index (κ3) is 6.74. The summed E-state index contributed by atoms with van der Waals surface area (Å²) < 4.78 is 10.7. The van der Waals surface area contributed by atoms with Crippen molar-refractivity contribution >= 4 is 45.0 Å². The third-order valence-electron chi connectivity index (χ3n) is 5.45. The molecule has 0 radical (unpaired) electrons. The SMILES string of the molecule is CC.COc1cc(Nc2cnc3ccc(NC(N)SC(=N)C4CCCC4)nc3c2)cc(OC)c1. The van der Waals surface area contributed by atoms with Crippen LogP contribution in [0.4, 0.5) is 17.2 Å². The minimum atomic E-state index is -0.424. The summed E-state index contributed by atoms with van der Waals surface area (Å²) in [5, 5.41) is 15.5. The van der Waals surface area contributed by atoms with Crippen molar-refractivity contribution in [2.24, 2.45) is 11.7 Å². The molecular formula is C25H34N6O2S. The highest BCUT2D eigenvalue weighted by molar-refractivity contribution is 8.14. The van der Waals surface area contributed by atoms with Crippen molar-refractivity contribution < 1.29 is 9.47 Å². The summed E-state index contributed by atoms with van der Waals surface area (Å²) in [7, 11) is 3.24. The fraction of sp³-hybridized carbons (Fsp3) is 0.400. The Morgan fingerprint density at radius 2 is 1.71 bits per heavy atom. The molecule has 4 rings (SSSR count). The molecule has 1 aliphatic carbocycles. The summed E-state index contributed by atoms with van der Waals surface area (Å²) >= 11 is 1.37. The predicted octanol–water partition coefficient (Wildman–Crippen LogP) is 5.97. The Morgan fingerprint density at radius 1 is 1.03 bits per heavy atom. The summed E-state index contributed by atoms with van der Waals surface area (Å²) in [6.45, 7) is 4.00. The van der Waals surface area contributed by atoms with Crippen LogP contribution in [-0.2, 0) is 0 Å². The molecule has 1 aliphatic rings. The highest BCUT2D eigenvalue weighted by Crippen LogP contribution is 2.31. The average Bonchev–Trinajstić information content (AvgIpc) is 3.40. The van der Waals surface area contributed by atoms with Crippen LogP contribution in [0.2, 0.25) is 0 Å². The first-order valence-electron chi connectivity index (χ1n) is 11.6. The van der Waals surface area contributed by atoms with E-state index in [0.717, 1.165) is 35.2 Å². The second kappa shape index (κ2) is 12.4. The van der Waals surface area contributed by atoms with Gasteiger partial charge in [0.15, 0.2) is 0 Å². The molecule has 3 aromatic rings. The van der Waals surface area contributed by atoms with Gasteiger partial charge in [0.05, 0.1) is 42.2 Å². The quantitative estimate of drug-likeness (QED) is 0.176. The maximum absolute atomic E-state index is 8.29. The number of ether oxygens (including phenoxy) is 2. The van der Waals surface area contributed by atoms with Gasteiger partial charge < -0.3 is 25.8 Å². The summed E-state index contributed by atoms with van der Waals surface area (Å²) in [5.74, 6) is 2.39. The molecule has 1 atom stereocenters. The molecule has 1 aromatic carbocycles. The van der Waals surface area contributed by atoms with Gasteiger partial charge >= 0.3 is 0 Å². The lowest BCUT2D eigenvalue weighted by Crippen LogP contribution is -2.29. The highest BCUT2D eigenvalue weighted by atomic mass is 32.2. The maximum atomic E-state index is 8.29. The maximum Gasteiger partial charge on any atom is 0.130 e. The van der Waals surface area contributed by atoms with Crippen LogP contribution in [0.5, 0.6) is 11.5 Å². The molecule has 1 unspecified atom stereocenters. The minimum absolute atomic E-state index is 0.352. The molecule has 9 heteroatoms. The van der Waals surface area contributed by atoms with Crippen molar-refractivity contribution in [2.75, 3.05) is 24.9 Å². The van der Waals surface area contributed by atoms with Crippen LogP contribution >= 0.6 is 11.8 Å². The van der Waals surface area contributed by atoms with Gasteiger partial charge in [-0.1, -0.05) is 38.5 Å². The zero-order valence-electron chi connectivity index (χ0n) is 20.2. The largest absolute Gasteiger partial charge is 0.497 e. The van der Waals surface area contributed by atoms with Gasteiger partial charge in [0.1, 0.15) is 22.8 Å². The van der Waals surface area contributed by atoms with Crippen molar-refractivity contribution in [3.05, 3.63) is 42.6 Å². The van der Waals surface area contributed by atoms with Crippen LogP contribution in [0.15, 0.2) is 42.6 Å². The van der Waals surface area contributed by atoms with Gasteiger partial charge in [0.2, 0.25) is 0 Å². The average molecular weight is 483 g/mol. The van der Waals surface area contributed by atoms with Gasteiger partial charge in [-0.15, -0.1) is 0 Å². The summed E-state index contributed by atoms with van der Waals surface area (Å²) in [4.78, 5) is 9.16. The molecule has 2 heterocycles. The van der Waals surface area contributed by atoms with E-state index in [0.29, 0.717) is 28.3 Å². The van der Waals surface area contributed by atoms with Crippen LogP contribution in [0.1, 0.15) is 39.5 Å². The Balaban J connectivity index is 0.00000158. The Bertz CT molecular complexity index is 1080. The molecular weight excluding hydrogens is 448 g/mol. The Morgan fingerprint density at radius 3 is 2.35 bits per heavy atom. The monoisotopic (exact) mass is 482 g/mol. The van der Waals surface area contributed by atoms with Gasteiger partial charge in [-0.25, -0.2) is 4.98 Å². The molecule has 1 saturated carbocycles. The van der Waals surface area contributed by atoms with Crippen LogP contribution < -0.4 is 25.8 Å². The summed E-state index contributed by atoms with van der Waals surface area (Å²) in [6, 6.07) is 11.3. The van der Waals surface area contributed by atoms with Crippen LogP contribution in [0.3, 0.4) is 0 Å². The predicted molar refractivity (Wildman–Crippen MR) is 143 cm³/mol. The topological polar surface area (TPSA) is 118 Å². The minimum Gasteiger partial charge on any atom is -0.497 e. The molecule has 0 amide bonds. The first-order valence-corrected chi connectivity index (χ1v) is 12.5. The molecule has 5 N–H and O–H groups in total. The molecule has 0 spiro atoms. The lowest BCUT2D eigenvalue weighted by Gasteiger charge is -2.17. The van der Waals surface area contributed by atoms with E-state index in [9.17, 15) is 0 Å². The number of fused-ring (bicyclic) bond motifs is 1. The van der Waals surface area contributed by atoms with E-state index in [-0.39, 0.29) is 0 Å². The molecule has 34 heavy (non-hydrogen) atoms. The zero-order chi connectivity index (χ0) is 24.5. The number of thioether (sulfide) groups is 1. The van der Waals surface area contributed by atoms with E-state index in [1.165, 1.54) is 24.6 Å². The van der Waals surface area contributed by atoms with Gasteiger partial charge in [0, 0.05) is 29.8 Å². The highest BCUT2D eigenvalue weighted by Gasteiger charge is 2.22. The number of nitrogens with zero attached hydrogens (tertiary/aromatic N) is 2. The Labute approximate surface area is 205 Å². The van der Waals surface area contributed by atoms with Crippen molar-refractivity contribution in [2.45, 2.75) is 45.0 Å². The summed E-state index contributed by atoms with van der Waals surface area (Å²) in [6.07, 6.45) is 6.34. The number of anilines is 3. The van der Waals surface area contributed by atoms with Gasteiger partial charge in [-0.2, -0.15) is 0 Å². The molecule has 0 aliphatic heterocycles. The molecule has 2 aromatic heterocycles. The number of hydrogen-bond acceptors (Lipinski definition) is 9. The first kappa shape index (κ1) is 25.6. The van der Waals surface area contributed by atoms with Gasteiger partial charge in [0.25, 0.3) is 0 Å². The van der Waals surface area contributed by atoms with Gasteiger partial charge in [-0.3, -0.25) is 10.4 Å². The van der Waals surface area contributed by atoms with Crippen LogP contribution in [0.25, 0.3) is 11.0 Å². The standard InChI is InChI=1S/C23H28N6O2S.C2H6/c1-30-17-9-15(10-18(12-17)31-2)27-16-11-20-19(26-13-16)7-8-21(28-20)29-23(25)32-22(24)14-5-3-4-6-14;1-2/h7-14,23-24,27H,3-6,25H2,1-2H3,(H,28,29);1-2H3. The van der Waals surface area contributed by atoms with Crippen molar-refractivity contribution in [3.8, 4) is 11.5 Å². The number of methoxy groups -OCH3 is 2. The second-order valence-electron chi connectivity index (χ2n) is 7.71. The number of benzene rings is 1. The van der Waals surface area contributed by atoms with E-state index in [1.54, 1.807) is 20.4 Å². The molecule has 1 fully saturated rings. The van der Waals surface area contributed by atoms with E-state index in [1.807, 2.05) is 50.2 Å². The molecule has 0 bridgehead atoms. The summed E-state index contributed by atoms with van der Waals surface area (Å²) in [5.41, 5.74) is 8.93. The number of pyridine rings is 2. The lowest BCUT2D eigenvalue weighted by atomic mass is 10.1. The van der Waals surface area contributed by atoms with E-state index in [4.69, 9.17) is 20.6 Å². The first-order chi connectivity index (χ1) is 16.5. The molecule has 182 valence electrons. The fourth-order valence-electron chi connectivity index (χ4n) is 3.80. The molecule has 0 saturated heterocycles. The van der Waals surface area contributed by atoms with Crippen molar-refractivity contribution in [1.29, 1.82) is 5.41 Å². The van der Waals surface area contributed by atoms with E-state index >= 15 is 0 Å². The Hall–Kier alpha value is -3.04. The molecule has 8 nitrogen and oxygen atoms in total. The number of aromatic nitrogens is 2. The zero-order valence-corrected chi connectivity index (χ0v) is 21.0. The number of rotatable bonds is 8. The smallest absolute Gasteiger partial charge is 0.130 e. The van der Waals surface area contributed by atoms with Crippen LogP contribution in [0, 0.1) is 11.3 Å². The van der Waals surface area contributed by atoms with Crippen molar-refractivity contribution in [1.82, 2.24) is 9.97 Å². The lowest BCUT2D eigenvalue weighted by molar-refractivity contribution is 0.395. The van der Waals surface area contributed by atoms with Gasteiger partial charge in [-0.05, 0) is 31.0 Å². The van der Waals surface area contributed by atoms with Crippen molar-refractivity contribution in [3.63, 3.8) is 0 Å². The second-order valence-corrected chi connectivity index (χ2v) is 8.90. The number of nitrogens with one attached hydrogen (secondary N) is 3. The number of nitrogens with two attached hydrogens (primary N) is 1. The van der Waals surface area contributed by atoms with E-state index in [2.05, 4.69) is 20.6 Å².